The Bertz CT molecular complexity index is 572. The molecule has 0 aliphatic rings. The monoisotopic (exact) mass is 262 g/mol. The number of phenolic OH excluding ortho intramolecular Hbond substituents is 1. The van der Waals surface area contributed by atoms with Crippen LogP contribution in [0.2, 0.25) is 0 Å². The van der Waals surface area contributed by atoms with E-state index in [0.29, 0.717) is 10.6 Å². The Labute approximate surface area is 110 Å². The Balaban J connectivity index is 2.49. The van der Waals surface area contributed by atoms with E-state index in [4.69, 9.17) is 4.74 Å². The minimum atomic E-state index is -0.357. The maximum atomic E-state index is 11.0. The number of ether oxygens (including phenoxy) is 1. The number of aromatic hydroxyl groups is 1. The van der Waals surface area contributed by atoms with Gasteiger partial charge in [0.2, 0.25) is 0 Å². The number of para-hydroxylation sites is 1. The van der Waals surface area contributed by atoms with Gasteiger partial charge < -0.3 is 9.84 Å². The van der Waals surface area contributed by atoms with Crippen LogP contribution >= 0.6 is 11.3 Å². The molecule has 0 fully saturated rings. The topological polar surface area (TPSA) is 46.5 Å². The van der Waals surface area contributed by atoms with Crippen molar-refractivity contribution in [2.45, 2.75) is 20.3 Å². The Morgan fingerprint density at radius 2 is 2.11 bits per heavy atom. The molecule has 1 N–H and O–H groups in total. The van der Waals surface area contributed by atoms with Gasteiger partial charge in [-0.15, -0.1) is 11.3 Å². The SMILES string of the molecule is CCc1cccc(-c2ccsc2OC(C)=O)c1O. The number of esters is 1. The van der Waals surface area contributed by atoms with Gasteiger partial charge in [-0.25, -0.2) is 0 Å². The van der Waals surface area contributed by atoms with Crippen LogP contribution in [0.5, 0.6) is 10.8 Å². The number of hydrogen-bond acceptors (Lipinski definition) is 4. The molecule has 1 aromatic carbocycles. The van der Waals surface area contributed by atoms with Crippen molar-refractivity contribution in [3.8, 4) is 21.9 Å². The highest BCUT2D eigenvalue weighted by atomic mass is 32.1. The minimum absolute atomic E-state index is 0.256. The highest BCUT2D eigenvalue weighted by Gasteiger charge is 2.14. The van der Waals surface area contributed by atoms with Gasteiger partial charge in [-0.05, 0) is 23.4 Å². The molecule has 2 aromatic rings. The molecule has 1 heterocycles. The maximum absolute atomic E-state index is 11.0. The number of aryl methyl sites for hydroxylation is 1. The van der Waals surface area contributed by atoms with Crippen LogP contribution in [0.3, 0.4) is 0 Å². The summed E-state index contributed by atoms with van der Waals surface area (Å²) in [4.78, 5) is 11.0. The summed E-state index contributed by atoms with van der Waals surface area (Å²) in [5.74, 6) is -0.100. The largest absolute Gasteiger partial charge is 0.507 e. The van der Waals surface area contributed by atoms with Crippen LogP contribution in [0, 0.1) is 0 Å². The number of carbonyl (C=O) groups is 1. The van der Waals surface area contributed by atoms with Crippen LogP contribution in [0.25, 0.3) is 11.1 Å². The first kappa shape index (κ1) is 12.6. The lowest BCUT2D eigenvalue weighted by molar-refractivity contribution is -0.131. The third-order valence-corrected chi connectivity index (χ3v) is 3.45. The van der Waals surface area contributed by atoms with Gasteiger partial charge >= 0.3 is 5.97 Å². The van der Waals surface area contributed by atoms with E-state index in [1.54, 1.807) is 0 Å². The van der Waals surface area contributed by atoms with E-state index < -0.39 is 0 Å². The molecule has 1 aromatic heterocycles. The van der Waals surface area contributed by atoms with Crippen LogP contribution in [0.4, 0.5) is 0 Å². The van der Waals surface area contributed by atoms with Gasteiger partial charge in [-0.2, -0.15) is 0 Å². The predicted octanol–water partition coefficient (Wildman–Crippen LogP) is 3.61. The Hall–Kier alpha value is -1.81. The molecule has 4 heteroatoms. The second kappa shape index (κ2) is 5.23. The molecule has 94 valence electrons. The number of phenols is 1. The first-order valence-electron chi connectivity index (χ1n) is 5.70. The van der Waals surface area contributed by atoms with Crippen molar-refractivity contribution in [1.29, 1.82) is 0 Å². The summed E-state index contributed by atoms with van der Waals surface area (Å²) >= 11 is 1.34. The minimum Gasteiger partial charge on any atom is -0.507 e. The number of benzene rings is 1. The van der Waals surface area contributed by atoms with Crippen LogP contribution in [-0.4, -0.2) is 11.1 Å². The Kier molecular flexibility index (Phi) is 3.67. The summed E-state index contributed by atoms with van der Waals surface area (Å²) in [5.41, 5.74) is 2.34. The summed E-state index contributed by atoms with van der Waals surface area (Å²) in [6.07, 6.45) is 0.757. The van der Waals surface area contributed by atoms with E-state index in [0.717, 1.165) is 17.5 Å². The third kappa shape index (κ3) is 2.38. The second-order valence-corrected chi connectivity index (χ2v) is 4.76. The van der Waals surface area contributed by atoms with Crippen molar-refractivity contribution in [3.05, 3.63) is 35.2 Å². The zero-order valence-electron chi connectivity index (χ0n) is 10.3. The van der Waals surface area contributed by atoms with Crippen LogP contribution in [0.1, 0.15) is 19.4 Å². The van der Waals surface area contributed by atoms with E-state index in [2.05, 4.69) is 0 Å². The number of hydrogen-bond donors (Lipinski definition) is 1. The van der Waals surface area contributed by atoms with Crippen molar-refractivity contribution >= 4 is 17.3 Å². The molecule has 0 spiro atoms. The first-order chi connectivity index (χ1) is 8.63. The predicted molar refractivity (Wildman–Crippen MR) is 72.1 cm³/mol. The number of rotatable bonds is 3. The fraction of sp³-hybridized carbons (Fsp3) is 0.214. The highest BCUT2D eigenvalue weighted by Crippen LogP contribution is 2.41. The molecule has 3 nitrogen and oxygen atoms in total. The van der Waals surface area contributed by atoms with E-state index in [9.17, 15) is 9.90 Å². The average molecular weight is 262 g/mol. The zero-order valence-corrected chi connectivity index (χ0v) is 11.1. The van der Waals surface area contributed by atoms with Gasteiger partial charge in [-0.1, -0.05) is 25.1 Å². The average Bonchev–Trinajstić information content (AvgIpc) is 2.76. The van der Waals surface area contributed by atoms with Crippen molar-refractivity contribution < 1.29 is 14.6 Å². The van der Waals surface area contributed by atoms with Crippen LogP contribution in [0.15, 0.2) is 29.6 Å². The van der Waals surface area contributed by atoms with E-state index in [-0.39, 0.29) is 11.7 Å². The van der Waals surface area contributed by atoms with Gasteiger partial charge in [0.1, 0.15) is 5.75 Å². The van der Waals surface area contributed by atoms with Gasteiger partial charge in [0.05, 0.1) is 0 Å². The van der Waals surface area contributed by atoms with Crippen molar-refractivity contribution in [2.75, 3.05) is 0 Å². The van der Waals surface area contributed by atoms with Gasteiger partial charge in [0.15, 0.2) is 5.06 Å². The smallest absolute Gasteiger partial charge is 0.308 e. The fourth-order valence-corrected chi connectivity index (χ4v) is 2.60. The van der Waals surface area contributed by atoms with E-state index >= 15 is 0 Å². The van der Waals surface area contributed by atoms with Crippen molar-refractivity contribution in [2.24, 2.45) is 0 Å². The summed E-state index contributed by atoms with van der Waals surface area (Å²) in [6.45, 7) is 3.35. The molecule has 0 amide bonds. The molecule has 0 aliphatic heterocycles. The third-order valence-electron chi connectivity index (χ3n) is 2.66. The summed E-state index contributed by atoms with van der Waals surface area (Å²) in [7, 11) is 0. The van der Waals surface area contributed by atoms with Gasteiger partial charge in [0, 0.05) is 18.1 Å². The second-order valence-electron chi connectivity index (χ2n) is 3.88. The number of thiophene rings is 1. The lowest BCUT2D eigenvalue weighted by Gasteiger charge is -2.09. The summed E-state index contributed by atoms with van der Waals surface area (Å²) in [6, 6.07) is 7.45. The quantitative estimate of drug-likeness (QED) is 0.859. The molecule has 0 saturated carbocycles. The Morgan fingerprint density at radius 3 is 2.78 bits per heavy atom. The van der Waals surface area contributed by atoms with Gasteiger partial charge in [-0.3, -0.25) is 4.79 Å². The normalized spacial score (nSPS) is 10.3. The zero-order chi connectivity index (χ0) is 13.1. The van der Waals surface area contributed by atoms with Crippen molar-refractivity contribution in [1.82, 2.24) is 0 Å². The van der Waals surface area contributed by atoms with E-state index in [1.807, 2.05) is 36.6 Å². The molecule has 0 bridgehead atoms. The van der Waals surface area contributed by atoms with Gasteiger partial charge in [0.25, 0.3) is 0 Å². The van der Waals surface area contributed by atoms with Crippen LogP contribution in [-0.2, 0) is 11.2 Å². The molecule has 0 radical (unpaired) electrons. The lowest BCUT2D eigenvalue weighted by atomic mass is 10.0. The molecule has 18 heavy (non-hydrogen) atoms. The summed E-state index contributed by atoms with van der Waals surface area (Å²) < 4.78 is 5.14. The van der Waals surface area contributed by atoms with E-state index in [1.165, 1.54) is 18.3 Å². The maximum Gasteiger partial charge on any atom is 0.308 e. The van der Waals surface area contributed by atoms with Crippen molar-refractivity contribution in [3.63, 3.8) is 0 Å². The lowest BCUT2D eigenvalue weighted by Crippen LogP contribution is -2.00. The Morgan fingerprint density at radius 1 is 1.33 bits per heavy atom. The molecule has 2 rings (SSSR count). The standard InChI is InChI=1S/C14H14O3S/c1-3-10-5-4-6-11(13(10)16)12-7-8-18-14(12)17-9(2)15/h4-8,16H,3H2,1-2H3. The number of carbonyl (C=O) groups excluding carboxylic acids is 1. The summed E-state index contributed by atoms with van der Waals surface area (Å²) in [5, 5.41) is 12.5. The molecule has 0 atom stereocenters. The molecule has 0 saturated heterocycles. The first-order valence-corrected chi connectivity index (χ1v) is 6.58. The highest BCUT2D eigenvalue weighted by molar-refractivity contribution is 7.12. The molecule has 0 unspecified atom stereocenters. The molecular formula is C14H14O3S. The molecule has 0 aliphatic carbocycles. The fourth-order valence-electron chi connectivity index (χ4n) is 1.80. The molecular weight excluding hydrogens is 248 g/mol. The van der Waals surface area contributed by atoms with Crippen LogP contribution < -0.4 is 4.74 Å².